The van der Waals surface area contributed by atoms with Crippen LogP contribution in [0.4, 0.5) is 0 Å². The number of rotatable bonds is 6. The van der Waals surface area contributed by atoms with E-state index in [1.165, 1.54) is 111 Å². The lowest BCUT2D eigenvalue weighted by Crippen LogP contribution is -2.10. The Morgan fingerprint density at radius 2 is 0.784 bits per heavy atom. The van der Waals surface area contributed by atoms with Crippen molar-refractivity contribution in [2.75, 3.05) is 0 Å². The minimum Gasteiger partial charge on any atom is -0.0584 e. The maximum Gasteiger partial charge on any atom is 0.166 e. The van der Waals surface area contributed by atoms with E-state index < -0.39 is 0 Å². The third-order valence-corrected chi connectivity index (χ3v) is 11.8. The molecule has 0 atom stereocenters. The van der Waals surface area contributed by atoms with Crippen molar-refractivity contribution in [1.29, 1.82) is 0 Å². The normalized spacial score (nSPS) is 20.4. The summed E-state index contributed by atoms with van der Waals surface area (Å²) >= 11 is 0. The lowest BCUT2D eigenvalue weighted by Gasteiger charge is -2.23. The summed E-state index contributed by atoms with van der Waals surface area (Å²) in [7, 11) is -0.0558. The Morgan fingerprint density at radius 1 is 0.378 bits per heavy atom. The van der Waals surface area contributed by atoms with E-state index in [0.717, 1.165) is 17.8 Å². The van der Waals surface area contributed by atoms with Gasteiger partial charge in [0.05, 0.1) is 10.9 Å². The first-order valence-corrected chi connectivity index (χ1v) is 16.6. The highest BCUT2D eigenvalue weighted by atomic mass is 32.2. The van der Waals surface area contributed by atoms with Crippen LogP contribution in [0.3, 0.4) is 0 Å². The van der Waals surface area contributed by atoms with Crippen LogP contribution in [-0.2, 0) is 10.9 Å². The second-order valence-corrected chi connectivity index (χ2v) is 14.0. The number of benzene rings is 3. The molecule has 0 nitrogen and oxygen atoms in total. The fraction of sp³-hybridized carbons (Fsp3) is 0.500. The third kappa shape index (κ3) is 6.03. The van der Waals surface area contributed by atoms with Crippen molar-refractivity contribution in [3.05, 3.63) is 89.5 Å². The smallest absolute Gasteiger partial charge is 0.0584 e. The Morgan fingerprint density at radius 3 is 1.22 bits per heavy atom. The van der Waals surface area contributed by atoms with Gasteiger partial charge in [-0.25, -0.2) is 0 Å². The molecule has 0 N–H and O–H groups in total. The topological polar surface area (TPSA) is 0 Å². The molecule has 0 unspecified atom stereocenters. The van der Waals surface area contributed by atoms with E-state index in [4.69, 9.17) is 0 Å². The van der Waals surface area contributed by atoms with Crippen LogP contribution in [0.2, 0.25) is 0 Å². The summed E-state index contributed by atoms with van der Waals surface area (Å²) in [6.45, 7) is 0. The van der Waals surface area contributed by atoms with Crippen molar-refractivity contribution >= 4 is 10.9 Å². The van der Waals surface area contributed by atoms with E-state index in [9.17, 15) is 0 Å². The second-order valence-electron chi connectivity index (χ2n) is 12.0. The van der Waals surface area contributed by atoms with E-state index in [0.29, 0.717) is 0 Å². The zero-order valence-corrected chi connectivity index (χ0v) is 23.5. The summed E-state index contributed by atoms with van der Waals surface area (Å²) in [6.07, 6.45) is 20.9. The molecule has 3 fully saturated rings. The summed E-state index contributed by atoms with van der Waals surface area (Å²) in [5.41, 5.74) is 4.71. The van der Waals surface area contributed by atoms with Crippen LogP contribution in [0.15, 0.2) is 87.5 Å². The van der Waals surface area contributed by atoms with E-state index in [1.54, 1.807) is 16.7 Å². The van der Waals surface area contributed by atoms with Gasteiger partial charge in [-0.3, -0.25) is 0 Å². The Labute approximate surface area is 228 Å². The number of hydrogen-bond acceptors (Lipinski definition) is 0. The van der Waals surface area contributed by atoms with Crippen LogP contribution in [0.5, 0.6) is 0 Å². The van der Waals surface area contributed by atoms with E-state index in [1.807, 2.05) is 0 Å². The molecule has 0 amide bonds. The van der Waals surface area contributed by atoms with Gasteiger partial charge in [-0.1, -0.05) is 94.2 Å². The Kier molecular flexibility index (Phi) is 8.37. The molecule has 3 aromatic carbocycles. The summed E-state index contributed by atoms with van der Waals surface area (Å²) in [5.74, 6) is 2.30. The average Bonchev–Trinajstić information content (AvgIpc) is 3.00. The molecule has 194 valence electrons. The van der Waals surface area contributed by atoms with Crippen molar-refractivity contribution in [3.8, 4) is 0 Å². The zero-order valence-electron chi connectivity index (χ0n) is 22.7. The van der Waals surface area contributed by atoms with Gasteiger partial charge in [-0.15, -0.1) is 0 Å². The standard InChI is InChI=1S/C36H45S/c1-4-11-28(12-5-1)31-19-23-34(24-20-31)37(35-25-21-32(22-26-35)29-13-6-2-7-14-29)36-18-10-17-33(27-36)30-15-8-3-9-16-30/h10,17-30H,1-9,11-16H2/q+1. The molecule has 0 bridgehead atoms. The molecule has 0 aromatic heterocycles. The molecule has 0 spiro atoms. The van der Waals surface area contributed by atoms with Crippen LogP contribution in [0.25, 0.3) is 0 Å². The molecule has 0 saturated heterocycles. The molecule has 0 aliphatic heterocycles. The van der Waals surface area contributed by atoms with Crippen LogP contribution in [-0.4, -0.2) is 0 Å². The van der Waals surface area contributed by atoms with Gasteiger partial charge < -0.3 is 0 Å². The van der Waals surface area contributed by atoms with Crippen LogP contribution >= 0.6 is 0 Å². The molecule has 0 heterocycles. The molecule has 3 aliphatic rings. The highest BCUT2D eigenvalue weighted by Gasteiger charge is 2.31. The molecule has 3 aromatic rings. The fourth-order valence-electron chi connectivity index (χ4n) is 7.36. The van der Waals surface area contributed by atoms with Crippen molar-refractivity contribution in [1.82, 2.24) is 0 Å². The van der Waals surface area contributed by atoms with Crippen LogP contribution in [0.1, 0.15) is 131 Å². The number of hydrogen-bond donors (Lipinski definition) is 0. The Balaban J connectivity index is 1.33. The molecule has 3 saturated carbocycles. The molecular formula is C36H45S+. The molecule has 1 heteroatoms. The van der Waals surface area contributed by atoms with Gasteiger partial charge in [0.25, 0.3) is 0 Å². The van der Waals surface area contributed by atoms with Gasteiger partial charge in [0.2, 0.25) is 0 Å². The van der Waals surface area contributed by atoms with Crippen molar-refractivity contribution in [3.63, 3.8) is 0 Å². The Hall–Kier alpha value is -1.99. The first-order chi connectivity index (χ1) is 18.3. The van der Waals surface area contributed by atoms with E-state index in [2.05, 4.69) is 72.8 Å². The SMILES string of the molecule is c1cc(C2CCCCC2)cc([S+](c2ccc(C3CCCCC3)cc2)c2ccc(C3CCCCC3)cc2)c1. The van der Waals surface area contributed by atoms with Gasteiger partial charge in [0.15, 0.2) is 14.7 Å². The van der Waals surface area contributed by atoms with Crippen LogP contribution in [0, 0.1) is 0 Å². The average molecular weight is 510 g/mol. The van der Waals surface area contributed by atoms with Crippen LogP contribution < -0.4 is 0 Å². The lowest BCUT2D eigenvalue weighted by atomic mass is 9.84. The maximum atomic E-state index is 2.57. The quantitative estimate of drug-likeness (QED) is 0.290. The summed E-state index contributed by atoms with van der Waals surface area (Å²) in [6, 6.07) is 29.4. The first kappa shape index (κ1) is 25.3. The maximum absolute atomic E-state index is 2.57. The predicted molar refractivity (Wildman–Crippen MR) is 159 cm³/mol. The predicted octanol–water partition coefficient (Wildman–Crippen LogP) is 10.9. The van der Waals surface area contributed by atoms with Crippen molar-refractivity contribution in [2.45, 2.75) is 129 Å². The van der Waals surface area contributed by atoms with Gasteiger partial charge in [0.1, 0.15) is 0 Å². The van der Waals surface area contributed by atoms with Gasteiger partial charge in [0, 0.05) is 0 Å². The molecule has 37 heavy (non-hydrogen) atoms. The lowest BCUT2D eigenvalue weighted by molar-refractivity contribution is 0.443. The highest BCUT2D eigenvalue weighted by molar-refractivity contribution is 7.97. The first-order valence-electron chi connectivity index (χ1n) is 15.4. The summed E-state index contributed by atoms with van der Waals surface area (Å²) < 4.78 is 0. The molecular weight excluding hydrogens is 464 g/mol. The van der Waals surface area contributed by atoms with Gasteiger partial charge >= 0.3 is 0 Å². The molecule has 3 aliphatic carbocycles. The highest BCUT2D eigenvalue weighted by Crippen LogP contribution is 2.39. The minimum atomic E-state index is -0.0558. The summed E-state index contributed by atoms with van der Waals surface area (Å²) in [5, 5.41) is 0. The van der Waals surface area contributed by atoms with Gasteiger partial charge in [-0.05, 0) is 109 Å². The molecule has 0 radical (unpaired) electrons. The second kappa shape index (κ2) is 12.2. The van der Waals surface area contributed by atoms with E-state index in [-0.39, 0.29) is 10.9 Å². The molecule has 6 rings (SSSR count). The Bertz CT molecular complexity index is 1050. The van der Waals surface area contributed by atoms with E-state index >= 15 is 0 Å². The summed E-state index contributed by atoms with van der Waals surface area (Å²) in [4.78, 5) is 4.45. The van der Waals surface area contributed by atoms with Crippen molar-refractivity contribution in [2.24, 2.45) is 0 Å². The third-order valence-electron chi connectivity index (χ3n) is 9.56. The van der Waals surface area contributed by atoms with Crippen molar-refractivity contribution < 1.29 is 0 Å². The largest absolute Gasteiger partial charge is 0.166 e. The van der Waals surface area contributed by atoms with Gasteiger partial charge in [-0.2, -0.15) is 0 Å². The fourth-order valence-corrected chi connectivity index (χ4v) is 9.47. The monoisotopic (exact) mass is 509 g/mol. The zero-order chi connectivity index (χ0) is 24.9. The minimum absolute atomic E-state index is 0.0558.